The van der Waals surface area contributed by atoms with Crippen LogP contribution in [-0.2, 0) is 0 Å². The Kier molecular flexibility index (Phi) is 5.73. The minimum Gasteiger partial charge on any atom is -0.492 e. The van der Waals surface area contributed by atoms with Gasteiger partial charge in [-0.1, -0.05) is 0 Å². The van der Waals surface area contributed by atoms with Crippen LogP contribution in [0.5, 0.6) is 5.75 Å². The highest BCUT2D eigenvalue weighted by atomic mass is 19.1. The highest BCUT2D eigenvalue weighted by molar-refractivity contribution is 5.95. The SMILES string of the molecule is CN(C)CCOc1cc(F)cc(-c2ccnc3nc(-c4n[nH]c5ccc(-c6cncnc6)nc45)[nH]c23)c1. The van der Waals surface area contributed by atoms with Crippen molar-refractivity contribution in [3.8, 4) is 39.7 Å². The Morgan fingerprint density at radius 3 is 2.70 bits per heavy atom. The standard InChI is InChI=1S/C26H22FN9O/c1-36(2)7-8-37-18-10-15(9-17(27)11-18)19-5-6-30-25-22(19)32-26(33-25)24-23-21(34-35-24)4-3-20(31-23)16-12-28-14-29-13-16/h3-6,9-14H,7-8H2,1-2H3,(H,34,35)(H,30,32,33). The predicted octanol–water partition coefficient (Wildman–Crippen LogP) is 4.10. The monoisotopic (exact) mass is 495 g/mol. The number of H-pyrrole nitrogens is 2. The average Bonchev–Trinajstić information content (AvgIpc) is 3.52. The summed E-state index contributed by atoms with van der Waals surface area (Å²) in [6.07, 6.45) is 6.53. The number of imidazole rings is 1. The van der Waals surface area contributed by atoms with Gasteiger partial charge < -0.3 is 14.6 Å². The molecule has 6 rings (SSSR count). The summed E-state index contributed by atoms with van der Waals surface area (Å²) >= 11 is 0. The Morgan fingerprint density at radius 2 is 1.86 bits per heavy atom. The zero-order chi connectivity index (χ0) is 25.4. The minimum absolute atomic E-state index is 0.387. The van der Waals surface area contributed by atoms with Gasteiger partial charge in [0.1, 0.15) is 30.0 Å². The normalized spacial score (nSPS) is 11.6. The molecule has 0 saturated heterocycles. The van der Waals surface area contributed by atoms with Gasteiger partial charge in [-0.2, -0.15) is 5.10 Å². The molecule has 0 spiro atoms. The number of aromatic nitrogens is 8. The fraction of sp³-hybridized carbons (Fsp3) is 0.154. The lowest BCUT2D eigenvalue weighted by atomic mass is 10.1. The van der Waals surface area contributed by atoms with Crippen LogP contribution < -0.4 is 4.74 Å². The predicted molar refractivity (Wildman–Crippen MR) is 137 cm³/mol. The number of hydrogen-bond donors (Lipinski definition) is 2. The Morgan fingerprint density at radius 1 is 1.00 bits per heavy atom. The van der Waals surface area contributed by atoms with Gasteiger partial charge in [-0.15, -0.1) is 0 Å². The molecule has 0 bridgehead atoms. The molecule has 184 valence electrons. The van der Waals surface area contributed by atoms with Crippen molar-refractivity contribution in [2.24, 2.45) is 0 Å². The van der Waals surface area contributed by atoms with E-state index in [0.717, 1.165) is 23.2 Å². The highest BCUT2D eigenvalue weighted by Gasteiger charge is 2.18. The molecule has 0 atom stereocenters. The molecule has 0 radical (unpaired) electrons. The molecule has 2 N–H and O–H groups in total. The van der Waals surface area contributed by atoms with Gasteiger partial charge in [0.05, 0.1) is 16.7 Å². The largest absolute Gasteiger partial charge is 0.492 e. The minimum atomic E-state index is -0.387. The van der Waals surface area contributed by atoms with E-state index >= 15 is 0 Å². The van der Waals surface area contributed by atoms with Crippen molar-refractivity contribution in [2.45, 2.75) is 0 Å². The number of hydrogen-bond acceptors (Lipinski definition) is 8. The van der Waals surface area contributed by atoms with E-state index in [1.807, 2.05) is 43.3 Å². The number of likely N-dealkylation sites (N-methyl/N-ethyl adjacent to an activating group) is 1. The summed E-state index contributed by atoms with van der Waals surface area (Å²) in [7, 11) is 3.91. The van der Waals surface area contributed by atoms with Crippen LogP contribution in [0.3, 0.4) is 0 Å². The first-order chi connectivity index (χ1) is 18.0. The van der Waals surface area contributed by atoms with E-state index in [4.69, 9.17) is 9.72 Å². The number of ether oxygens (including phenoxy) is 1. The van der Waals surface area contributed by atoms with Gasteiger partial charge in [-0.25, -0.2) is 29.3 Å². The summed E-state index contributed by atoms with van der Waals surface area (Å²) in [5.41, 5.74) is 5.99. The number of pyridine rings is 2. The van der Waals surface area contributed by atoms with Gasteiger partial charge in [-0.3, -0.25) is 5.10 Å². The molecule has 0 aliphatic carbocycles. The second-order valence-corrected chi connectivity index (χ2v) is 8.76. The fourth-order valence-corrected chi connectivity index (χ4v) is 4.07. The summed E-state index contributed by atoms with van der Waals surface area (Å²) in [6, 6.07) is 10.3. The van der Waals surface area contributed by atoms with Crippen LogP contribution in [0.15, 0.2) is 61.3 Å². The van der Waals surface area contributed by atoms with Gasteiger partial charge in [-0.05, 0) is 50.0 Å². The van der Waals surface area contributed by atoms with Crippen molar-refractivity contribution in [2.75, 3.05) is 27.2 Å². The molecule has 5 aromatic heterocycles. The third-order valence-electron chi connectivity index (χ3n) is 5.87. The summed E-state index contributed by atoms with van der Waals surface area (Å²) in [5.74, 6) is 0.567. The number of halogens is 1. The van der Waals surface area contributed by atoms with E-state index in [9.17, 15) is 4.39 Å². The van der Waals surface area contributed by atoms with Crippen LogP contribution >= 0.6 is 0 Å². The van der Waals surface area contributed by atoms with Gasteiger partial charge in [0.2, 0.25) is 0 Å². The lowest BCUT2D eigenvalue weighted by Crippen LogP contribution is -2.19. The molecular formula is C26H22FN9O. The summed E-state index contributed by atoms with van der Waals surface area (Å²) in [6.45, 7) is 1.17. The lowest BCUT2D eigenvalue weighted by molar-refractivity contribution is 0.260. The third-order valence-corrected chi connectivity index (χ3v) is 5.87. The first-order valence-corrected chi connectivity index (χ1v) is 11.6. The fourth-order valence-electron chi connectivity index (χ4n) is 4.07. The Balaban J connectivity index is 1.41. The second kappa shape index (κ2) is 9.36. The first-order valence-electron chi connectivity index (χ1n) is 11.6. The average molecular weight is 496 g/mol. The highest BCUT2D eigenvalue weighted by Crippen LogP contribution is 2.32. The zero-order valence-electron chi connectivity index (χ0n) is 20.1. The summed E-state index contributed by atoms with van der Waals surface area (Å²) in [5, 5.41) is 7.45. The third kappa shape index (κ3) is 4.47. The summed E-state index contributed by atoms with van der Waals surface area (Å²) in [4.78, 5) is 27.3. The topological polar surface area (TPSA) is 121 Å². The molecule has 0 saturated carbocycles. The molecule has 6 aromatic rings. The molecule has 1 aromatic carbocycles. The molecular weight excluding hydrogens is 473 g/mol. The Hall–Kier alpha value is -4.77. The summed E-state index contributed by atoms with van der Waals surface area (Å²) < 4.78 is 20.3. The molecule has 0 amide bonds. The first kappa shape index (κ1) is 22.7. The molecule has 37 heavy (non-hydrogen) atoms. The van der Waals surface area contributed by atoms with E-state index in [1.54, 1.807) is 18.6 Å². The smallest absolute Gasteiger partial charge is 0.178 e. The van der Waals surface area contributed by atoms with Gasteiger partial charge >= 0.3 is 0 Å². The van der Waals surface area contributed by atoms with Crippen LogP contribution in [0.4, 0.5) is 4.39 Å². The van der Waals surface area contributed by atoms with Crippen molar-refractivity contribution < 1.29 is 9.13 Å². The van der Waals surface area contributed by atoms with Crippen LogP contribution in [0.1, 0.15) is 0 Å². The lowest BCUT2D eigenvalue weighted by Gasteiger charge is -2.12. The maximum atomic E-state index is 14.5. The van der Waals surface area contributed by atoms with Crippen molar-refractivity contribution in [1.29, 1.82) is 0 Å². The number of nitrogens with one attached hydrogen (secondary N) is 2. The maximum absolute atomic E-state index is 14.5. The quantitative estimate of drug-likeness (QED) is 0.340. The number of aromatic amines is 2. The molecule has 0 aliphatic rings. The van der Waals surface area contributed by atoms with Gasteiger partial charge in [0.25, 0.3) is 0 Å². The van der Waals surface area contributed by atoms with Crippen molar-refractivity contribution in [3.63, 3.8) is 0 Å². The number of nitrogens with zero attached hydrogens (tertiary/aromatic N) is 7. The number of benzene rings is 1. The van der Waals surface area contributed by atoms with Crippen molar-refractivity contribution in [3.05, 3.63) is 67.1 Å². The Bertz CT molecular complexity index is 1710. The second-order valence-electron chi connectivity index (χ2n) is 8.76. The van der Waals surface area contributed by atoms with Crippen LogP contribution in [-0.4, -0.2) is 72.2 Å². The van der Waals surface area contributed by atoms with Crippen LogP contribution in [0, 0.1) is 5.82 Å². The van der Waals surface area contributed by atoms with Crippen molar-refractivity contribution in [1.82, 2.24) is 45.0 Å². The van der Waals surface area contributed by atoms with Gasteiger partial charge in [0.15, 0.2) is 17.2 Å². The Labute approximate surface area is 210 Å². The van der Waals surface area contributed by atoms with Crippen LogP contribution in [0.2, 0.25) is 0 Å². The molecule has 5 heterocycles. The number of fused-ring (bicyclic) bond motifs is 2. The molecule has 0 fully saturated rings. The zero-order valence-corrected chi connectivity index (χ0v) is 20.1. The molecule has 0 unspecified atom stereocenters. The molecule has 0 aliphatic heterocycles. The molecule has 11 heteroatoms. The van der Waals surface area contributed by atoms with E-state index < -0.39 is 0 Å². The molecule has 10 nitrogen and oxygen atoms in total. The van der Waals surface area contributed by atoms with E-state index in [1.165, 1.54) is 18.5 Å². The maximum Gasteiger partial charge on any atom is 0.178 e. The van der Waals surface area contributed by atoms with Crippen molar-refractivity contribution >= 4 is 22.2 Å². The van der Waals surface area contributed by atoms with Gasteiger partial charge in [0, 0.05) is 42.3 Å². The van der Waals surface area contributed by atoms with E-state index in [0.29, 0.717) is 51.8 Å². The van der Waals surface area contributed by atoms with Crippen LogP contribution in [0.25, 0.3) is 56.1 Å². The van der Waals surface area contributed by atoms with E-state index in [2.05, 4.69) is 35.1 Å². The van der Waals surface area contributed by atoms with E-state index in [-0.39, 0.29) is 5.82 Å². The number of rotatable bonds is 7.